The van der Waals surface area contributed by atoms with Crippen molar-refractivity contribution in [3.63, 3.8) is 0 Å². The highest BCUT2D eigenvalue weighted by Crippen LogP contribution is 2.34. The Bertz CT molecular complexity index is 594. The van der Waals surface area contributed by atoms with E-state index in [4.69, 9.17) is 9.73 Å². The lowest BCUT2D eigenvalue weighted by molar-refractivity contribution is -0.0332. The second-order valence-corrected chi connectivity index (χ2v) is 7.70. The molecular weight excluding hydrogens is 320 g/mol. The molecule has 2 aliphatic rings. The molecule has 2 heterocycles. The molecule has 0 bridgehead atoms. The van der Waals surface area contributed by atoms with Crippen LogP contribution in [0.15, 0.2) is 10.4 Å². The van der Waals surface area contributed by atoms with Crippen LogP contribution in [-0.2, 0) is 4.74 Å². The Balaban J connectivity index is 1.69. The van der Waals surface area contributed by atoms with Crippen LogP contribution in [0.2, 0.25) is 0 Å². The summed E-state index contributed by atoms with van der Waals surface area (Å²) < 4.78 is 5.53. The van der Waals surface area contributed by atoms with Gasteiger partial charge in [0.1, 0.15) is 10.9 Å². The average Bonchev–Trinajstić information content (AvgIpc) is 3.06. The Morgan fingerprint density at radius 1 is 1.42 bits per heavy atom. The summed E-state index contributed by atoms with van der Waals surface area (Å²) in [6.45, 7) is 6.40. The van der Waals surface area contributed by atoms with Crippen LogP contribution in [0.1, 0.15) is 48.7 Å². The fourth-order valence-corrected chi connectivity index (χ4v) is 4.62. The SMILES string of the molecule is Cc1csc([C@H](C#N)C=NCC2(N3CCOCC3)CCCCC2)n1. The predicted molar refractivity (Wildman–Crippen MR) is 96.8 cm³/mol. The van der Waals surface area contributed by atoms with Gasteiger partial charge in [0.15, 0.2) is 0 Å². The Morgan fingerprint density at radius 3 is 2.79 bits per heavy atom. The van der Waals surface area contributed by atoms with Gasteiger partial charge < -0.3 is 4.74 Å². The van der Waals surface area contributed by atoms with Crippen LogP contribution in [0.4, 0.5) is 0 Å². The molecule has 24 heavy (non-hydrogen) atoms. The Hall–Kier alpha value is -1.29. The van der Waals surface area contributed by atoms with Crippen LogP contribution in [0.5, 0.6) is 0 Å². The molecule has 1 aliphatic carbocycles. The maximum Gasteiger partial charge on any atom is 0.133 e. The number of nitrogens with zero attached hydrogens (tertiary/aromatic N) is 4. The molecule has 0 amide bonds. The molecule has 0 aromatic carbocycles. The minimum Gasteiger partial charge on any atom is -0.379 e. The van der Waals surface area contributed by atoms with Gasteiger partial charge in [-0.1, -0.05) is 19.3 Å². The summed E-state index contributed by atoms with van der Waals surface area (Å²) in [4.78, 5) is 11.8. The van der Waals surface area contributed by atoms with E-state index in [1.807, 2.05) is 18.5 Å². The van der Waals surface area contributed by atoms with Crippen LogP contribution >= 0.6 is 11.3 Å². The first kappa shape index (κ1) is 17.5. The Labute approximate surface area is 148 Å². The number of nitriles is 1. The molecule has 5 nitrogen and oxygen atoms in total. The molecule has 0 unspecified atom stereocenters. The van der Waals surface area contributed by atoms with Gasteiger partial charge in [-0.25, -0.2) is 4.98 Å². The molecule has 0 spiro atoms. The van der Waals surface area contributed by atoms with Crippen molar-refractivity contribution < 1.29 is 4.74 Å². The number of ether oxygens (including phenoxy) is 1. The van der Waals surface area contributed by atoms with Crippen molar-refractivity contribution in [2.75, 3.05) is 32.8 Å². The standard InChI is InChI=1S/C18H26N4OS/c1-15-13-24-17(21-15)16(11-19)12-20-14-18(5-3-2-4-6-18)22-7-9-23-10-8-22/h12-13,16H,2-10,14H2,1H3/t16-/m1/s1. The maximum atomic E-state index is 9.44. The number of aromatic nitrogens is 1. The van der Waals surface area contributed by atoms with E-state index in [-0.39, 0.29) is 11.5 Å². The number of hydrogen-bond acceptors (Lipinski definition) is 6. The highest BCUT2D eigenvalue weighted by molar-refractivity contribution is 7.09. The highest BCUT2D eigenvalue weighted by Gasteiger charge is 2.38. The number of thiazole rings is 1. The van der Waals surface area contributed by atoms with E-state index in [0.717, 1.165) is 43.5 Å². The topological polar surface area (TPSA) is 61.5 Å². The van der Waals surface area contributed by atoms with Gasteiger partial charge in [-0.2, -0.15) is 5.26 Å². The van der Waals surface area contributed by atoms with Crippen molar-refractivity contribution in [1.29, 1.82) is 5.26 Å². The van der Waals surface area contributed by atoms with Crippen molar-refractivity contribution in [3.8, 4) is 6.07 Å². The molecular formula is C18H26N4OS. The second-order valence-electron chi connectivity index (χ2n) is 6.81. The molecule has 1 saturated carbocycles. The zero-order chi connectivity index (χ0) is 16.8. The predicted octanol–water partition coefficient (Wildman–Crippen LogP) is 3.16. The van der Waals surface area contributed by atoms with Gasteiger partial charge in [-0.05, 0) is 19.8 Å². The first-order valence-electron chi connectivity index (χ1n) is 8.88. The number of aliphatic imine (C=N–C) groups is 1. The van der Waals surface area contributed by atoms with E-state index in [9.17, 15) is 5.26 Å². The molecule has 1 atom stereocenters. The van der Waals surface area contributed by atoms with E-state index < -0.39 is 0 Å². The van der Waals surface area contributed by atoms with Gasteiger partial charge in [-0.15, -0.1) is 11.3 Å². The zero-order valence-corrected chi connectivity index (χ0v) is 15.2. The van der Waals surface area contributed by atoms with Gasteiger partial charge in [0.2, 0.25) is 0 Å². The minimum absolute atomic E-state index is 0.164. The van der Waals surface area contributed by atoms with E-state index >= 15 is 0 Å². The van der Waals surface area contributed by atoms with Crippen molar-refractivity contribution in [2.24, 2.45) is 4.99 Å². The van der Waals surface area contributed by atoms with Crippen molar-refractivity contribution >= 4 is 17.6 Å². The van der Waals surface area contributed by atoms with Gasteiger partial charge in [-0.3, -0.25) is 9.89 Å². The number of rotatable bonds is 5. The Kier molecular flexibility index (Phi) is 5.99. The molecule has 1 saturated heterocycles. The molecule has 130 valence electrons. The molecule has 2 fully saturated rings. The van der Waals surface area contributed by atoms with Crippen LogP contribution in [0.3, 0.4) is 0 Å². The normalized spacial score (nSPS) is 23.2. The summed E-state index contributed by atoms with van der Waals surface area (Å²) >= 11 is 1.54. The van der Waals surface area contributed by atoms with Crippen molar-refractivity contribution in [2.45, 2.75) is 50.5 Å². The number of hydrogen-bond donors (Lipinski definition) is 0. The third-order valence-electron chi connectivity index (χ3n) is 5.15. The largest absolute Gasteiger partial charge is 0.379 e. The molecule has 6 heteroatoms. The first-order chi connectivity index (χ1) is 11.7. The van der Waals surface area contributed by atoms with Crippen molar-refractivity contribution in [1.82, 2.24) is 9.88 Å². The molecule has 0 radical (unpaired) electrons. The van der Waals surface area contributed by atoms with Gasteiger partial charge in [0.25, 0.3) is 0 Å². The second kappa shape index (κ2) is 8.19. The van der Waals surface area contributed by atoms with Gasteiger partial charge >= 0.3 is 0 Å². The van der Waals surface area contributed by atoms with Crippen LogP contribution < -0.4 is 0 Å². The quantitative estimate of drug-likeness (QED) is 0.768. The summed E-state index contributed by atoms with van der Waals surface area (Å²) in [7, 11) is 0. The monoisotopic (exact) mass is 346 g/mol. The molecule has 1 aromatic heterocycles. The molecule has 1 aromatic rings. The summed E-state index contributed by atoms with van der Waals surface area (Å²) in [5.41, 5.74) is 1.14. The molecule has 3 rings (SSSR count). The lowest BCUT2D eigenvalue weighted by Crippen LogP contribution is -2.56. The minimum atomic E-state index is -0.325. The third-order valence-corrected chi connectivity index (χ3v) is 6.19. The lowest BCUT2D eigenvalue weighted by atomic mass is 9.80. The van der Waals surface area contributed by atoms with Crippen LogP contribution in [-0.4, -0.2) is 54.5 Å². The summed E-state index contributed by atoms with van der Waals surface area (Å²) in [5, 5.41) is 12.3. The van der Waals surface area contributed by atoms with E-state index in [2.05, 4.69) is 16.0 Å². The average molecular weight is 347 g/mol. The number of morpholine rings is 1. The van der Waals surface area contributed by atoms with E-state index in [1.54, 1.807) is 11.3 Å². The summed E-state index contributed by atoms with van der Waals surface area (Å²) in [5.74, 6) is -0.325. The summed E-state index contributed by atoms with van der Waals surface area (Å²) in [6.07, 6.45) is 8.11. The highest BCUT2D eigenvalue weighted by atomic mass is 32.1. The van der Waals surface area contributed by atoms with Crippen LogP contribution in [0, 0.1) is 18.3 Å². The van der Waals surface area contributed by atoms with Gasteiger partial charge in [0, 0.05) is 35.9 Å². The lowest BCUT2D eigenvalue weighted by Gasteiger charge is -2.47. The molecule has 0 N–H and O–H groups in total. The third kappa shape index (κ3) is 4.02. The van der Waals surface area contributed by atoms with Crippen LogP contribution in [0.25, 0.3) is 0 Å². The van der Waals surface area contributed by atoms with E-state index in [1.165, 1.54) is 32.1 Å². The number of aryl methyl sites for hydroxylation is 1. The summed E-state index contributed by atoms with van der Waals surface area (Å²) in [6, 6.07) is 2.33. The maximum absolute atomic E-state index is 9.44. The fourth-order valence-electron chi connectivity index (χ4n) is 3.82. The zero-order valence-electron chi connectivity index (χ0n) is 14.4. The van der Waals surface area contributed by atoms with Gasteiger partial charge in [0.05, 0.1) is 25.8 Å². The first-order valence-corrected chi connectivity index (χ1v) is 9.76. The van der Waals surface area contributed by atoms with E-state index in [0.29, 0.717) is 0 Å². The smallest absolute Gasteiger partial charge is 0.133 e. The molecule has 1 aliphatic heterocycles. The van der Waals surface area contributed by atoms with Crippen molar-refractivity contribution in [3.05, 3.63) is 16.1 Å². The fraction of sp³-hybridized carbons (Fsp3) is 0.722. The Morgan fingerprint density at radius 2 is 2.17 bits per heavy atom.